The number of benzene rings is 2. The van der Waals surface area contributed by atoms with Gasteiger partial charge in [0.2, 0.25) is 5.91 Å². The SMILES string of the molecule is Cc1cc(C(=O)NCCN2CCCC2=O)ccc1N(C)S(=O)(=O)c1ccc(Cl)cc1. The van der Waals surface area contributed by atoms with Crippen LogP contribution in [0, 0.1) is 6.92 Å². The molecule has 9 heteroatoms. The summed E-state index contributed by atoms with van der Waals surface area (Å²) >= 11 is 5.85. The standard InChI is InChI=1S/C21H24ClN3O4S/c1-15-14-16(21(27)23-11-13-25-12-3-4-20(25)26)5-10-19(15)24(2)30(28,29)18-8-6-17(22)7-9-18/h5-10,14H,3-4,11-13H2,1-2H3,(H,23,27). The molecule has 0 spiro atoms. The molecule has 3 rings (SSSR count). The van der Waals surface area contributed by atoms with E-state index in [1.165, 1.54) is 35.6 Å². The number of nitrogens with one attached hydrogen (secondary N) is 1. The smallest absolute Gasteiger partial charge is 0.264 e. The fourth-order valence-corrected chi connectivity index (χ4v) is 4.78. The van der Waals surface area contributed by atoms with Crippen molar-refractivity contribution < 1.29 is 18.0 Å². The van der Waals surface area contributed by atoms with Gasteiger partial charge in [-0.2, -0.15) is 0 Å². The first-order valence-corrected chi connectivity index (χ1v) is 11.4. The first-order chi connectivity index (χ1) is 14.2. The van der Waals surface area contributed by atoms with E-state index in [0.29, 0.717) is 41.3 Å². The van der Waals surface area contributed by atoms with Gasteiger partial charge in [-0.25, -0.2) is 8.42 Å². The first-order valence-electron chi connectivity index (χ1n) is 9.61. The Morgan fingerprint density at radius 1 is 1.20 bits per heavy atom. The van der Waals surface area contributed by atoms with Crippen LogP contribution in [0.25, 0.3) is 0 Å². The molecule has 1 heterocycles. The molecule has 0 atom stereocenters. The number of rotatable bonds is 7. The minimum atomic E-state index is -3.76. The summed E-state index contributed by atoms with van der Waals surface area (Å²) in [6.45, 7) is 3.35. The summed E-state index contributed by atoms with van der Waals surface area (Å²) in [4.78, 5) is 25.9. The summed E-state index contributed by atoms with van der Waals surface area (Å²) in [5.41, 5.74) is 1.56. The Bertz CT molecular complexity index is 1050. The highest BCUT2D eigenvalue weighted by atomic mass is 35.5. The maximum absolute atomic E-state index is 12.9. The molecule has 1 aliphatic heterocycles. The number of hydrogen-bond acceptors (Lipinski definition) is 4. The Balaban J connectivity index is 1.68. The van der Waals surface area contributed by atoms with E-state index < -0.39 is 10.0 Å². The predicted octanol–water partition coefficient (Wildman–Crippen LogP) is 2.83. The average molecular weight is 450 g/mol. The third-order valence-corrected chi connectivity index (χ3v) is 7.15. The first kappa shape index (κ1) is 22.1. The van der Waals surface area contributed by atoms with Gasteiger partial charge in [0.05, 0.1) is 10.6 Å². The van der Waals surface area contributed by atoms with Gasteiger partial charge in [0.15, 0.2) is 0 Å². The summed E-state index contributed by atoms with van der Waals surface area (Å²) in [6.07, 6.45) is 1.43. The van der Waals surface area contributed by atoms with Crippen molar-refractivity contribution >= 4 is 39.1 Å². The van der Waals surface area contributed by atoms with E-state index >= 15 is 0 Å². The lowest BCUT2D eigenvalue weighted by molar-refractivity contribution is -0.127. The Hall–Kier alpha value is -2.58. The van der Waals surface area contributed by atoms with Crippen molar-refractivity contribution in [2.45, 2.75) is 24.7 Å². The van der Waals surface area contributed by atoms with Crippen LogP contribution in [0.5, 0.6) is 0 Å². The van der Waals surface area contributed by atoms with E-state index in [2.05, 4.69) is 5.32 Å². The minimum absolute atomic E-state index is 0.120. The van der Waals surface area contributed by atoms with Crippen LogP contribution in [0.3, 0.4) is 0 Å². The largest absolute Gasteiger partial charge is 0.350 e. The maximum Gasteiger partial charge on any atom is 0.264 e. The Morgan fingerprint density at radius 2 is 1.90 bits per heavy atom. The fraction of sp³-hybridized carbons (Fsp3) is 0.333. The van der Waals surface area contributed by atoms with E-state index in [1.807, 2.05) is 0 Å². The molecule has 0 bridgehead atoms. The van der Waals surface area contributed by atoms with Gasteiger partial charge in [-0.3, -0.25) is 13.9 Å². The van der Waals surface area contributed by atoms with Gasteiger partial charge in [-0.1, -0.05) is 11.6 Å². The van der Waals surface area contributed by atoms with Crippen molar-refractivity contribution in [1.29, 1.82) is 0 Å². The number of carbonyl (C=O) groups excluding carboxylic acids is 2. The molecule has 2 aromatic rings. The van der Waals surface area contributed by atoms with Gasteiger partial charge in [0, 0.05) is 43.7 Å². The molecule has 2 amide bonds. The van der Waals surface area contributed by atoms with Crippen LogP contribution in [0.15, 0.2) is 47.4 Å². The van der Waals surface area contributed by atoms with Crippen molar-refractivity contribution in [3.63, 3.8) is 0 Å². The molecule has 0 radical (unpaired) electrons. The third-order valence-electron chi connectivity index (χ3n) is 5.11. The lowest BCUT2D eigenvalue weighted by Gasteiger charge is -2.22. The molecule has 0 aliphatic carbocycles. The average Bonchev–Trinajstić information content (AvgIpc) is 3.12. The molecule has 0 unspecified atom stereocenters. The summed E-state index contributed by atoms with van der Waals surface area (Å²) in [5.74, 6) is -0.145. The normalized spacial score (nSPS) is 14.1. The Labute approximate surface area is 181 Å². The summed E-state index contributed by atoms with van der Waals surface area (Å²) in [7, 11) is -2.29. The van der Waals surface area contributed by atoms with E-state index in [-0.39, 0.29) is 16.7 Å². The summed E-state index contributed by atoms with van der Waals surface area (Å²) in [5, 5.41) is 3.26. The van der Waals surface area contributed by atoms with Crippen LogP contribution in [0.4, 0.5) is 5.69 Å². The van der Waals surface area contributed by atoms with Crippen LogP contribution in [-0.4, -0.2) is 51.8 Å². The molecular weight excluding hydrogens is 426 g/mol. The number of sulfonamides is 1. The van der Waals surface area contributed by atoms with Crippen LogP contribution < -0.4 is 9.62 Å². The number of likely N-dealkylation sites (tertiary alicyclic amines) is 1. The van der Waals surface area contributed by atoms with Crippen LogP contribution in [0.1, 0.15) is 28.8 Å². The number of halogens is 1. The van der Waals surface area contributed by atoms with Gasteiger partial charge in [0.25, 0.3) is 15.9 Å². The monoisotopic (exact) mass is 449 g/mol. The lowest BCUT2D eigenvalue weighted by atomic mass is 10.1. The Kier molecular flexibility index (Phi) is 6.67. The highest BCUT2D eigenvalue weighted by molar-refractivity contribution is 7.92. The lowest BCUT2D eigenvalue weighted by Crippen LogP contribution is -2.35. The Morgan fingerprint density at radius 3 is 2.50 bits per heavy atom. The quantitative estimate of drug-likeness (QED) is 0.704. The van der Waals surface area contributed by atoms with Crippen molar-refractivity contribution in [2.24, 2.45) is 0 Å². The van der Waals surface area contributed by atoms with E-state index in [9.17, 15) is 18.0 Å². The third kappa shape index (κ3) is 4.76. The zero-order chi connectivity index (χ0) is 21.9. The minimum Gasteiger partial charge on any atom is -0.350 e. The molecule has 160 valence electrons. The van der Waals surface area contributed by atoms with E-state index in [0.717, 1.165) is 13.0 Å². The summed E-state index contributed by atoms with van der Waals surface area (Å²) < 4.78 is 26.9. The molecule has 0 aromatic heterocycles. The van der Waals surface area contributed by atoms with Crippen LogP contribution in [-0.2, 0) is 14.8 Å². The number of amides is 2. The molecule has 1 N–H and O–H groups in total. The number of carbonyl (C=O) groups is 2. The van der Waals surface area contributed by atoms with Crippen LogP contribution >= 0.6 is 11.6 Å². The molecule has 30 heavy (non-hydrogen) atoms. The van der Waals surface area contributed by atoms with Gasteiger partial charge < -0.3 is 10.2 Å². The van der Waals surface area contributed by atoms with Crippen molar-refractivity contribution in [3.8, 4) is 0 Å². The summed E-state index contributed by atoms with van der Waals surface area (Å²) in [6, 6.07) is 10.8. The fourth-order valence-electron chi connectivity index (χ4n) is 3.39. The zero-order valence-corrected chi connectivity index (χ0v) is 18.5. The number of hydrogen-bond donors (Lipinski definition) is 1. The highest BCUT2D eigenvalue weighted by Gasteiger charge is 2.23. The van der Waals surface area contributed by atoms with Gasteiger partial charge >= 0.3 is 0 Å². The zero-order valence-electron chi connectivity index (χ0n) is 16.9. The van der Waals surface area contributed by atoms with Gasteiger partial charge in [0.1, 0.15) is 0 Å². The molecule has 1 saturated heterocycles. The van der Waals surface area contributed by atoms with Gasteiger partial charge in [-0.05, 0) is 61.4 Å². The number of aryl methyl sites for hydroxylation is 1. The maximum atomic E-state index is 12.9. The topological polar surface area (TPSA) is 86.8 Å². The second-order valence-electron chi connectivity index (χ2n) is 7.17. The molecular formula is C21H24ClN3O4S. The highest BCUT2D eigenvalue weighted by Crippen LogP contribution is 2.26. The molecule has 2 aromatic carbocycles. The van der Waals surface area contributed by atoms with Crippen LogP contribution in [0.2, 0.25) is 5.02 Å². The van der Waals surface area contributed by atoms with E-state index in [4.69, 9.17) is 11.6 Å². The number of anilines is 1. The number of nitrogens with zero attached hydrogens (tertiary/aromatic N) is 2. The molecule has 1 aliphatic rings. The molecule has 1 fully saturated rings. The molecule has 0 saturated carbocycles. The predicted molar refractivity (Wildman–Crippen MR) is 116 cm³/mol. The second kappa shape index (κ2) is 9.06. The molecule has 7 nitrogen and oxygen atoms in total. The van der Waals surface area contributed by atoms with Crippen molar-refractivity contribution in [1.82, 2.24) is 10.2 Å². The van der Waals surface area contributed by atoms with Crippen molar-refractivity contribution in [3.05, 3.63) is 58.6 Å². The van der Waals surface area contributed by atoms with E-state index in [1.54, 1.807) is 30.0 Å². The van der Waals surface area contributed by atoms with Crippen molar-refractivity contribution in [2.75, 3.05) is 31.0 Å². The second-order valence-corrected chi connectivity index (χ2v) is 9.57. The van der Waals surface area contributed by atoms with Gasteiger partial charge in [-0.15, -0.1) is 0 Å².